The summed E-state index contributed by atoms with van der Waals surface area (Å²) in [5.41, 5.74) is -0.0515. The van der Waals surface area contributed by atoms with Crippen molar-refractivity contribution in [2.75, 3.05) is 11.4 Å². The first-order valence-electron chi connectivity index (χ1n) is 10.8. The summed E-state index contributed by atoms with van der Waals surface area (Å²) in [7, 11) is 0. The van der Waals surface area contributed by atoms with Crippen LogP contribution in [0.4, 0.5) is 18.9 Å². The normalized spacial score (nSPS) is 23.5. The highest BCUT2D eigenvalue weighted by Gasteiger charge is 2.36. The van der Waals surface area contributed by atoms with E-state index in [1.807, 2.05) is 24.3 Å². The number of pyridine rings is 1. The van der Waals surface area contributed by atoms with E-state index in [4.69, 9.17) is 4.74 Å². The molecule has 1 N–H and O–H groups in total. The van der Waals surface area contributed by atoms with Gasteiger partial charge in [-0.3, -0.25) is 9.59 Å². The Labute approximate surface area is 197 Å². The van der Waals surface area contributed by atoms with Gasteiger partial charge in [0, 0.05) is 41.4 Å². The number of hydrogen-bond acceptors (Lipinski definition) is 4. The molecule has 33 heavy (non-hydrogen) atoms. The molecule has 2 aromatic rings. The fourth-order valence-corrected chi connectivity index (χ4v) is 4.60. The zero-order chi connectivity index (χ0) is 23.6. The Morgan fingerprint density at radius 2 is 1.91 bits per heavy atom. The number of nitrogens with zero attached hydrogens (tertiary/aromatic N) is 2. The van der Waals surface area contributed by atoms with Gasteiger partial charge in [0.25, 0.3) is 0 Å². The molecule has 2 heterocycles. The maximum Gasteiger partial charge on any atom is 0.417 e. The Hall–Kier alpha value is -2.62. The molecule has 0 bridgehead atoms. The van der Waals surface area contributed by atoms with Crippen LogP contribution in [-0.4, -0.2) is 35.5 Å². The predicted molar refractivity (Wildman–Crippen MR) is 119 cm³/mol. The molecule has 1 aromatic heterocycles. The molecule has 2 aliphatic rings. The molecule has 1 aliphatic carbocycles. The van der Waals surface area contributed by atoms with Crippen molar-refractivity contribution < 1.29 is 27.5 Å². The van der Waals surface area contributed by atoms with Gasteiger partial charge in [0.05, 0.1) is 11.5 Å². The summed E-state index contributed by atoms with van der Waals surface area (Å²) >= 11 is 3.40. The van der Waals surface area contributed by atoms with E-state index in [1.54, 1.807) is 4.90 Å². The van der Waals surface area contributed by atoms with Crippen molar-refractivity contribution in [1.82, 2.24) is 10.3 Å². The van der Waals surface area contributed by atoms with Crippen LogP contribution in [0, 0.1) is 5.92 Å². The van der Waals surface area contributed by atoms with E-state index >= 15 is 0 Å². The van der Waals surface area contributed by atoms with Crippen molar-refractivity contribution in [3.8, 4) is 5.88 Å². The molecule has 1 saturated carbocycles. The van der Waals surface area contributed by atoms with Crippen molar-refractivity contribution in [3.05, 3.63) is 52.6 Å². The number of carbonyl (C=O) groups is 2. The molecule has 0 spiro atoms. The third-order valence-electron chi connectivity index (χ3n) is 5.99. The molecule has 1 saturated heterocycles. The minimum Gasteiger partial charge on any atom is -0.474 e. The molecule has 10 heteroatoms. The molecule has 4 rings (SSSR count). The van der Waals surface area contributed by atoms with Gasteiger partial charge in [0.15, 0.2) is 0 Å². The quantitative estimate of drug-likeness (QED) is 0.612. The molecule has 1 aromatic carbocycles. The van der Waals surface area contributed by atoms with Crippen LogP contribution >= 0.6 is 15.9 Å². The Morgan fingerprint density at radius 3 is 2.55 bits per heavy atom. The van der Waals surface area contributed by atoms with Crippen LogP contribution in [-0.2, 0) is 15.8 Å². The first-order chi connectivity index (χ1) is 15.7. The summed E-state index contributed by atoms with van der Waals surface area (Å²) < 4.78 is 44.5. The van der Waals surface area contributed by atoms with E-state index in [0.717, 1.165) is 22.4 Å². The number of nitrogens with one attached hydrogen (secondary N) is 1. The second-order valence-corrected chi connectivity index (χ2v) is 9.28. The van der Waals surface area contributed by atoms with Crippen molar-refractivity contribution in [2.45, 2.75) is 50.4 Å². The number of anilines is 1. The molecule has 176 valence electrons. The van der Waals surface area contributed by atoms with Crippen LogP contribution in [0.25, 0.3) is 0 Å². The van der Waals surface area contributed by atoms with Crippen LogP contribution in [0.5, 0.6) is 5.88 Å². The number of carbonyl (C=O) groups excluding carboxylic acids is 2. The second kappa shape index (κ2) is 9.70. The summed E-state index contributed by atoms with van der Waals surface area (Å²) in [6.07, 6.45) is -0.968. The van der Waals surface area contributed by atoms with Crippen molar-refractivity contribution in [1.29, 1.82) is 0 Å². The maximum atomic E-state index is 12.8. The first-order valence-corrected chi connectivity index (χ1v) is 11.5. The average Bonchev–Trinajstić information content (AvgIpc) is 3.17. The van der Waals surface area contributed by atoms with Crippen LogP contribution in [0.1, 0.15) is 37.7 Å². The van der Waals surface area contributed by atoms with Crippen molar-refractivity contribution in [2.24, 2.45) is 5.92 Å². The Bertz CT molecular complexity index is 1010. The number of hydrogen-bond donors (Lipinski definition) is 1. The SMILES string of the molecule is O=C(NC1CCC(Oc2ccc(C(F)(F)F)cn2)CC1)C1CC(=O)N(c2cccc(Br)c2)C1. The third kappa shape index (κ3) is 5.85. The number of rotatable bonds is 5. The molecule has 1 aliphatic heterocycles. The minimum absolute atomic E-state index is 0.0204. The molecular formula is C23H23BrF3N3O3. The van der Waals surface area contributed by atoms with Crippen LogP contribution in [0.3, 0.4) is 0 Å². The van der Waals surface area contributed by atoms with E-state index in [1.165, 1.54) is 6.07 Å². The Morgan fingerprint density at radius 1 is 1.15 bits per heavy atom. The average molecular weight is 526 g/mol. The van der Waals surface area contributed by atoms with Crippen molar-refractivity contribution in [3.63, 3.8) is 0 Å². The highest BCUT2D eigenvalue weighted by molar-refractivity contribution is 9.10. The third-order valence-corrected chi connectivity index (χ3v) is 6.48. The predicted octanol–water partition coefficient (Wildman–Crippen LogP) is 4.72. The van der Waals surface area contributed by atoms with E-state index in [-0.39, 0.29) is 36.3 Å². The summed E-state index contributed by atoms with van der Waals surface area (Å²) in [4.78, 5) is 30.6. The summed E-state index contributed by atoms with van der Waals surface area (Å²) in [6, 6.07) is 9.58. The van der Waals surface area contributed by atoms with Gasteiger partial charge in [-0.15, -0.1) is 0 Å². The molecule has 1 unspecified atom stereocenters. The smallest absolute Gasteiger partial charge is 0.417 e. The number of alkyl halides is 3. The van der Waals surface area contributed by atoms with Gasteiger partial charge < -0.3 is 15.0 Å². The highest BCUT2D eigenvalue weighted by atomic mass is 79.9. The molecule has 2 amide bonds. The molecule has 2 fully saturated rings. The number of aromatic nitrogens is 1. The van der Waals surface area contributed by atoms with Gasteiger partial charge >= 0.3 is 6.18 Å². The Balaban J connectivity index is 1.24. The number of benzene rings is 1. The van der Waals surface area contributed by atoms with Crippen molar-refractivity contribution >= 4 is 33.4 Å². The molecule has 6 nitrogen and oxygen atoms in total. The van der Waals surface area contributed by atoms with E-state index in [0.29, 0.717) is 32.2 Å². The number of halogens is 4. The lowest BCUT2D eigenvalue weighted by atomic mass is 9.92. The topological polar surface area (TPSA) is 71.5 Å². The zero-order valence-electron chi connectivity index (χ0n) is 17.6. The Kier molecular flexibility index (Phi) is 6.92. The van der Waals surface area contributed by atoms with Crippen LogP contribution in [0.15, 0.2) is 47.1 Å². The van der Waals surface area contributed by atoms with E-state index in [2.05, 4.69) is 26.2 Å². The van der Waals surface area contributed by atoms with Gasteiger partial charge in [0.1, 0.15) is 6.10 Å². The molecule has 0 radical (unpaired) electrons. The fourth-order valence-electron chi connectivity index (χ4n) is 4.21. The van der Waals surface area contributed by atoms with Crippen LogP contribution in [0.2, 0.25) is 0 Å². The van der Waals surface area contributed by atoms with E-state index in [9.17, 15) is 22.8 Å². The lowest BCUT2D eigenvalue weighted by Gasteiger charge is -2.30. The largest absolute Gasteiger partial charge is 0.474 e. The van der Waals surface area contributed by atoms with Gasteiger partial charge in [-0.1, -0.05) is 22.0 Å². The van der Waals surface area contributed by atoms with Gasteiger partial charge in [-0.2, -0.15) is 13.2 Å². The molecular weight excluding hydrogens is 503 g/mol. The van der Waals surface area contributed by atoms with Gasteiger partial charge in [-0.05, 0) is 49.9 Å². The van der Waals surface area contributed by atoms with Gasteiger partial charge in [-0.25, -0.2) is 4.98 Å². The van der Waals surface area contributed by atoms with E-state index < -0.39 is 17.7 Å². The maximum absolute atomic E-state index is 12.8. The minimum atomic E-state index is -4.43. The monoisotopic (exact) mass is 525 g/mol. The molecule has 1 atom stereocenters. The summed E-state index contributed by atoms with van der Waals surface area (Å²) in [5, 5.41) is 3.05. The zero-order valence-corrected chi connectivity index (χ0v) is 19.2. The summed E-state index contributed by atoms with van der Waals surface area (Å²) in [6.45, 7) is 0.346. The standard InChI is InChI=1S/C23H23BrF3N3O3/c24-16-2-1-3-18(11-16)30-13-14(10-21(30)31)22(32)29-17-5-7-19(8-6-17)33-20-9-4-15(12-28-20)23(25,26)27/h1-4,9,11-12,14,17,19H,5-8,10,13H2,(H,29,32). The lowest BCUT2D eigenvalue weighted by Crippen LogP contribution is -2.43. The first kappa shape index (κ1) is 23.5. The van der Waals surface area contributed by atoms with Gasteiger partial charge in [0.2, 0.25) is 17.7 Å². The lowest BCUT2D eigenvalue weighted by molar-refractivity contribution is -0.137. The second-order valence-electron chi connectivity index (χ2n) is 8.37. The summed E-state index contributed by atoms with van der Waals surface area (Å²) in [5.74, 6) is -0.446. The fraction of sp³-hybridized carbons (Fsp3) is 0.435. The highest BCUT2D eigenvalue weighted by Crippen LogP contribution is 2.31. The number of amides is 2. The van der Waals surface area contributed by atoms with Crippen LogP contribution < -0.4 is 15.0 Å². The number of ether oxygens (including phenoxy) is 1.